The topological polar surface area (TPSA) is 97.0 Å². The third kappa shape index (κ3) is 3.26. The third-order valence-corrected chi connectivity index (χ3v) is 5.47. The van der Waals surface area contributed by atoms with E-state index >= 15 is 0 Å². The number of hydrogen-bond donors (Lipinski definition) is 1. The van der Waals surface area contributed by atoms with Crippen LogP contribution in [0.3, 0.4) is 0 Å². The number of para-hydroxylation sites is 1. The molecule has 2 amide bonds. The fourth-order valence-electron chi connectivity index (χ4n) is 3.94. The SMILES string of the molecule is CC(O)N=C1/C(=C/C=C2/N(C)c3ccccc3C2(C)C)C(=O)N(C)C(=O)C1C#N. The predicted octanol–water partition coefficient (Wildman–Crippen LogP) is 2.14. The Labute approximate surface area is 170 Å². The number of aliphatic imine (C=N–C) groups is 1. The summed E-state index contributed by atoms with van der Waals surface area (Å²) in [5, 5.41) is 19.2. The summed E-state index contributed by atoms with van der Waals surface area (Å²) in [6.45, 7) is 5.61. The van der Waals surface area contributed by atoms with Gasteiger partial charge in [0.2, 0.25) is 0 Å². The van der Waals surface area contributed by atoms with Crippen molar-refractivity contribution in [3.05, 3.63) is 53.3 Å². The fourth-order valence-corrected chi connectivity index (χ4v) is 3.94. The monoisotopic (exact) mass is 392 g/mol. The Bertz CT molecular complexity index is 1010. The maximum atomic E-state index is 12.8. The Morgan fingerprint density at radius 1 is 1.21 bits per heavy atom. The fraction of sp³-hybridized carbons (Fsp3) is 0.364. The maximum Gasteiger partial charge on any atom is 0.262 e. The van der Waals surface area contributed by atoms with Crippen molar-refractivity contribution in [1.82, 2.24) is 4.90 Å². The van der Waals surface area contributed by atoms with Gasteiger partial charge in [0, 0.05) is 30.9 Å². The van der Waals surface area contributed by atoms with Crippen molar-refractivity contribution in [2.75, 3.05) is 19.0 Å². The van der Waals surface area contributed by atoms with Gasteiger partial charge < -0.3 is 10.0 Å². The van der Waals surface area contributed by atoms with E-state index in [1.807, 2.05) is 37.4 Å². The molecule has 0 spiro atoms. The van der Waals surface area contributed by atoms with E-state index in [1.165, 1.54) is 19.5 Å². The maximum absolute atomic E-state index is 12.8. The molecule has 150 valence electrons. The number of likely N-dealkylation sites (tertiary alicyclic amines) is 1. The molecule has 1 aromatic carbocycles. The van der Waals surface area contributed by atoms with E-state index in [4.69, 9.17) is 0 Å². The molecule has 7 nitrogen and oxygen atoms in total. The van der Waals surface area contributed by atoms with Gasteiger partial charge >= 0.3 is 0 Å². The Kier molecular flexibility index (Phi) is 5.16. The molecular formula is C22H24N4O3. The number of piperidine rings is 1. The first-order chi connectivity index (χ1) is 13.6. The molecule has 1 fully saturated rings. The Balaban J connectivity index is 2.14. The molecule has 29 heavy (non-hydrogen) atoms. The third-order valence-electron chi connectivity index (χ3n) is 5.47. The number of carbonyl (C=O) groups excluding carboxylic acids is 2. The lowest BCUT2D eigenvalue weighted by Gasteiger charge is -2.28. The van der Waals surface area contributed by atoms with Gasteiger partial charge in [0.25, 0.3) is 11.8 Å². The highest BCUT2D eigenvalue weighted by molar-refractivity contribution is 6.34. The van der Waals surface area contributed by atoms with Crippen molar-refractivity contribution in [2.45, 2.75) is 32.4 Å². The predicted molar refractivity (Wildman–Crippen MR) is 110 cm³/mol. The zero-order valence-corrected chi connectivity index (χ0v) is 17.2. The molecule has 2 unspecified atom stereocenters. The van der Waals surface area contributed by atoms with Crippen LogP contribution in [0.1, 0.15) is 26.3 Å². The summed E-state index contributed by atoms with van der Waals surface area (Å²) in [4.78, 5) is 32.1. The van der Waals surface area contributed by atoms with Crippen molar-refractivity contribution >= 4 is 23.2 Å². The Hall–Kier alpha value is -3.24. The van der Waals surface area contributed by atoms with Crippen LogP contribution in [0, 0.1) is 17.2 Å². The van der Waals surface area contributed by atoms with Gasteiger partial charge in [-0.15, -0.1) is 0 Å². The summed E-state index contributed by atoms with van der Waals surface area (Å²) in [6.07, 6.45) is 2.27. The lowest BCUT2D eigenvalue weighted by atomic mass is 9.83. The number of nitriles is 1. The number of benzene rings is 1. The van der Waals surface area contributed by atoms with E-state index in [2.05, 4.69) is 29.8 Å². The summed E-state index contributed by atoms with van der Waals surface area (Å²) in [6, 6.07) is 9.98. The molecule has 3 rings (SSSR count). The average Bonchev–Trinajstić information content (AvgIpc) is 2.86. The number of allylic oxidation sites excluding steroid dienone is 3. The van der Waals surface area contributed by atoms with Crippen molar-refractivity contribution < 1.29 is 14.7 Å². The van der Waals surface area contributed by atoms with E-state index in [1.54, 1.807) is 6.08 Å². The second-order valence-corrected chi connectivity index (χ2v) is 7.74. The quantitative estimate of drug-likeness (QED) is 0.614. The minimum atomic E-state index is -1.23. The summed E-state index contributed by atoms with van der Waals surface area (Å²) < 4.78 is 0. The number of amides is 2. The van der Waals surface area contributed by atoms with Gasteiger partial charge in [0.1, 0.15) is 6.23 Å². The molecule has 2 heterocycles. The lowest BCUT2D eigenvalue weighted by Crippen LogP contribution is -2.48. The summed E-state index contributed by atoms with van der Waals surface area (Å²) in [7, 11) is 3.30. The van der Waals surface area contributed by atoms with Crippen molar-refractivity contribution in [3.63, 3.8) is 0 Å². The number of carbonyl (C=O) groups is 2. The normalized spacial score (nSPS) is 26.2. The zero-order chi connectivity index (χ0) is 21.5. The first-order valence-corrected chi connectivity index (χ1v) is 9.34. The number of hydrogen-bond acceptors (Lipinski definition) is 6. The molecule has 1 aromatic rings. The molecule has 2 aliphatic heterocycles. The van der Waals surface area contributed by atoms with E-state index in [-0.39, 0.29) is 16.7 Å². The van der Waals surface area contributed by atoms with Gasteiger partial charge in [-0.1, -0.05) is 32.0 Å². The summed E-state index contributed by atoms with van der Waals surface area (Å²) in [5.41, 5.74) is 3.05. The Morgan fingerprint density at radius 3 is 2.45 bits per heavy atom. The molecular weight excluding hydrogens is 368 g/mol. The molecule has 1 saturated heterocycles. The molecule has 0 bridgehead atoms. The number of nitrogens with zero attached hydrogens (tertiary/aromatic N) is 4. The average molecular weight is 392 g/mol. The molecule has 7 heteroatoms. The standard InChI is InChI=1S/C22H24N4O3/c1-13(27)24-19-14(20(28)26(5)21(29)15(19)12-23)10-11-18-22(2,3)16-8-6-7-9-17(16)25(18)4/h6-11,13,15,27H,1-5H3/b14-10-,18-11+,24-19?. The molecule has 2 aliphatic rings. The van der Waals surface area contributed by atoms with E-state index in [9.17, 15) is 20.0 Å². The lowest BCUT2D eigenvalue weighted by molar-refractivity contribution is -0.142. The van der Waals surface area contributed by atoms with Crippen LogP contribution in [0.2, 0.25) is 0 Å². The largest absolute Gasteiger partial charge is 0.372 e. The molecule has 0 aromatic heterocycles. The van der Waals surface area contributed by atoms with Gasteiger partial charge in [-0.25, -0.2) is 0 Å². The minimum Gasteiger partial charge on any atom is -0.372 e. The molecule has 0 saturated carbocycles. The number of rotatable bonds is 2. The zero-order valence-electron chi connectivity index (χ0n) is 17.2. The van der Waals surface area contributed by atoms with E-state index in [0.717, 1.165) is 16.3 Å². The first kappa shape index (κ1) is 20.5. The van der Waals surface area contributed by atoms with Gasteiger partial charge in [-0.2, -0.15) is 5.26 Å². The van der Waals surface area contributed by atoms with Crippen LogP contribution in [0.4, 0.5) is 5.69 Å². The number of fused-ring (bicyclic) bond motifs is 1. The molecule has 0 aliphatic carbocycles. The van der Waals surface area contributed by atoms with Crippen molar-refractivity contribution in [1.29, 1.82) is 5.26 Å². The highest BCUT2D eigenvalue weighted by Gasteiger charge is 2.42. The number of imide groups is 1. The number of anilines is 1. The number of aliphatic hydroxyl groups excluding tert-OH is 1. The second kappa shape index (κ2) is 7.30. The van der Waals surface area contributed by atoms with Crippen LogP contribution in [-0.4, -0.2) is 47.9 Å². The van der Waals surface area contributed by atoms with Gasteiger partial charge in [-0.3, -0.25) is 19.5 Å². The highest BCUT2D eigenvalue weighted by Crippen LogP contribution is 2.46. The van der Waals surface area contributed by atoms with Crippen LogP contribution in [0.15, 0.2) is 52.7 Å². The smallest absolute Gasteiger partial charge is 0.262 e. The molecule has 2 atom stereocenters. The first-order valence-electron chi connectivity index (χ1n) is 9.34. The van der Waals surface area contributed by atoms with Gasteiger partial charge in [-0.05, 0) is 30.7 Å². The second-order valence-electron chi connectivity index (χ2n) is 7.74. The van der Waals surface area contributed by atoms with E-state index < -0.39 is 24.0 Å². The number of likely N-dealkylation sites (N-methyl/N-ethyl adjacent to an activating group) is 2. The van der Waals surface area contributed by atoms with E-state index in [0.29, 0.717) is 0 Å². The number of aliphatic hydroxyl groups is 1. The van der Waals surface area contributed by atoms with Gasteiger partial charge in [0.15, 0.2) is 5.92 Å². The summed E-state index contributed by atoms with van der Waals surface area (Å²) in [5.74, 6) is -2.43. The Morgan fingerprint density at radius 2 is 1.86 bits per heavy atom. The van der Waals surface area contributed by atoms with Crippen LogP contribution in [0.25, 0.3) is 0 Å². The highest BCUT2D eigenvalue weighted by atomic mass is 16.3. The van der Waals surface area contributed by atoms with Crippen molar-refractivity contribution in [2.24, 2.45) is 10.9 Å². The van der Waals surface area contributed by atoms with Crippen molar-refractivity contribution in [3.8, 4) is 6.07 Å². The van der Waals surface area contributed by atoms with Crippen LogP contribution in [-0.2, 0) is 15.0 Å². The van der Waals surface area contributed by atoms with Crippen LogP contribution in [0.5, 0.6) is 0 Å². The molecule has 0 radical (unpaired) electrons. The summed E-state index contributed by atoms with van der Waals surface area (Å²) >= 11 is 0. The van der Waals surface area contributed by atoms with Crippen LogP contribution < -0.4 is 4.90 Å². The van der Waals surface area contributed by atoms with Crippen LogP contribution >= 0.6 is 0 Å². The van der Waals surface area contributed by atoms with Gasteiger partial charge in [0.05, 0.1) is 17.4 Å². The minimum absolute atomic E-state index is 0.00317. The molecule has 1 N–H and O–H groups in total.